The van der Waals surface area contributed by atoms with Crippen molar-refractivity contribution in [3.63, 3.8) is 0 Å². The highest BCUT2D eigenvalue weighted by atomic mass is 16.5. The zero-order chi connectivity index (χ0) is 15.8. The lowest BCUT2D eigenvalue weighted by atomic mass is 10.1. The van der Waals surface area contributed by atoms with Crippen LogP contribution in [0.15, 0.2) is 18.2 Å². The minimum Gasteiger partial charge on any atom is -0.493 e. The number of hydrogen-bond donors (Lipinski definition) is 1. The minimum atomic E-state index is -0.344. The molecule has 1 aliphatic rings. The van der Waals surface area contributed by atoms with Gasteiger partial charge in [0.2, 0.25) is 0 Å². The standard InChI is InChI=1S/C17H26N2O3/c1-2-11-21-16-13-14(18)6-7-15(16)17(20)22-12-10-19-8-4-3-5-9-19/h6-7,13H,2-5,8-12,18H2,1H3. The van der Waals surface area contributed by atoms with Gasteiger partial charge >= 0.3 is 5.97 Å². The Hall–Kier alpha value is -1.75. The van der Waals surface area contributed by atoms with Crippen molar-refractivity contribution < 1.29 is 14.3 Å². The van der Waals surface area contributed by atoms with Gasteiger partial charge in [0.15, 0.2) is 0 Å². The number of nitrogens with zero attached hydrogens (tertiary/aromatic N) is 1. The number of carbonyl (C=O) groups is 1. The molecule has 0 amide bonds. The van der Waals surface area contributed by atoms with Gasteiger partial charge in [-0.3, -0.25) is 4.90 Å². The number of carbonyl (C=O) groups excluding carboxylic acids is 1. The molecule has 0 saturated carbocycles. The van der Waals surface area contributed by atoms with Crippen LogP contribution >= 0.6 is 0 Å². The lowest BCUT2D eigenvalue weighted by molar-refractivity contribution is 0.0447. The number of piperidine rings is 1. The van der Waals surface area contributed by atoms with E-state index < -0.39 is 0 Å². The van der Waals surface area contributed by atoms with Gasteiger partial charge in [0, 0.05) is 18.3 Å². The molecular formula is C17H26N2O3. The van der Waals surface area contributed by atoms with E-state index in [4.69, 9.17) is 15.2 Å². The van der Waals surface area contributed by atoms with Gasteiger partial charge in [-0.2, -0.15) is 0 Å². The van der Waals surface area contributed by atoms with Crippen molar-refractivity contribution in [3.05, 3.63) is 23.8 Å². The number of esters is 1. The molecule has 2 rings (SSSR count). The molecule has 0 radical (unpaired) electrons. The van der Waals surface area contributed by atoms with Gasteiger partial charge in [-0.15, -0.1) is 0 Å². The van der Waals surface area contributed by atoms with Crippen LogP contribution in [0, 0.1) is 0 Å². The van der Waals surface area contributed by atoms with Crippen LogP contribution in [0.5, 0.6) is 5.75 Å². The molecule has 1 aromatic carbocycles. The number of likely N-dealkylation sites (tertiary alicyclic amines) is 1. The molecule has 0 bridgehead atoms. The van der Waals surface area contributed by atoms with Crippen molar-refractivity contribution in [1.29, 1.82) is 0 Å². The fourth-order valence-corrected chi connectivity index (χ4v) is 2.57. The average Bonchev–Trinajstić information content (AvgIpc) is 2.54. The maximum absolute atomic E-state index is 12.2. The third kappa shape index (κ3) is 4.91. The molecule has 0 atom stereocenters. The Kier molecular flexibility index (Phi) is 6.52. The summed E-state index contributed by atoms with van der Waals surface area (Å²) in [6, 6.07) is 5.04. The van der Waals surface area contributed by atoms with Gasteiger partial charge in [0.05, 0.1) is 6.61 Å². The van der Waals surface area contributed by atoms with E-state index in [-0.39, 0.29) is 5.97 Å². The van der Waals surface area contributed by atoms with Crippen LogP contribution in [0.3, 0.4) is 0 Å². The highest BCUT2D eigenvalue weighted by molar-refractivity contribution is 5.93. The van der Waals surface area contributed by atoms with E-state index in [1.165, 1.54) is 19.3 Å². The van der Waals surface area contributed by atoms with Crippen LogP contribution in [0.2, 0.25) is 0 Å². The average molecular weight is 306 g/mol. The van der Waals surface area contributed by atoms with E-state index in [0.29, 0.717) is 30.2 Å². The Balaban J connectivity index is 1.87. The molecule has 1 saturated heterocycles. The second-order valence-electron chi connectivity index (χ2n) is 5.64. The summed E-state index contributed by atoms with van der Waals surface area (Å²) in [6.45, 7) is 5.98. The van der Waals surface area contributed by atoms with E-state index in [9.17, 15) is 4.79 Å². The normalized spacial score (nSPS) is 15.5. The summed E-state index contributed by atoms with van der Waals surface area (Å²) < 4.78 is 11.0. The third-order valence-corrected chi connectivity index (χ3v) is 3.78. The summed E-state index contributed by atoms with van der Waals surface area (Å²) in [6.07, 6.45) is 4.65. The molecule has 1 aromatic rings. The summed E-state index contributed by atoms with van der Waals surface area (Å²) in [5.41, 5.74) is 6.78. The number of hydrogen-bond acceptors (Lipinski definition) is 5. The predicted octanol–water partition coefficient (Wildman–Crippen LogP) is 2.70. The number of nitrogen functional groups attached to an aromatic ring is 1. The molecule has 0 spiro atoms. The van der Waals surface area contributed by atoms with Gasteiger partial charge in [0.25, 0.3) is 0 Å². The van der Waals surface area contributed by atoms with Crippen LogP contribution in [0.4, 0.5) is 5.69 Å². The first-order chi connectivity index (χ1) is 10.7. The van der Waals surface area contributed by atoms with Crippen LogP contribution in [0.1, 0.15) is 43.0 Å². The Labute approximate surface area is 132 Å². The van der Waals surface area contributed by atoms with Gasteiger partial charge in [0.1, 0.15) is 17.9 Å². The molecule has 5 heteroatoms. The Morgan fingerprint density at radius 1 is 1.23 bits per heavy atom. The lowest BCUT2D eigenvalue weighted by Gasteiger charge is -2.25. The van der Waals surface area contributed by atoms with E-state index in [0.717, 1.165) is 26.1 Å². The molecule has 1 aliphatic heterocycles. The number of benzene rings is 1. The number of anilines is 1. The van der Waals surface area contributed by atoms with Crippen molar-refractivity contribution in [1.82, 2.24) is 4.90 Å². The molecule has 0 aromatic heterocycles. The molecule has 2 N–H and O–H groups in total. The van der Waals surface area contributed by atoms with Gasteiger partial charge < -0.3 is 15.2 Å². The van der Waals surface area contributed by atoms with Gasteiger partial charge in [-0.05, 0) is 44.5 Å². The van der Waals surface area contributed by atoms with Crippen molar-refractivity contribution in [2.24, 2.45) is 0 Å². The first-order valence-corrected chi connectivity index (χ1v) is 8.12. The van der Waals surface area contributed by atoms with E-state index in [2.05, 4.69) is 4.90 Å². The summed E-state index contributed by atoms with van der Waals surface area (Å²) in [5.74, 6) is 0.160. The van der Waals surface area contributed by atoms with Crippen molar-refractivity contribution in [3.8, 4) is 5.75 Å². The zero-order valence-electron chi connectivity index (χ0n) is 13.3. The highest BCUT2D eigenvalue weighted by Crippen LogP contribution is 2.23. The first-order valence-electron chi connectivity index (χ1n) is 8.12. The van der Waals surface area contributed by atoms with Gasteiger partial charge in [-0.1, -0.05) is 13.3 Å². The third-order valence-electron chi connectivity index (χ3n) is 3.78. The smallest absolute Gasteiger partial charge is 0.341 e. The second-order valence-corrected chi connectivity index (χ2v) is 5.64. The quantitative estimate of drug-likeness (QED) is 0.620. The Bertz CT molecular complexity index is 485. The van der Waals surface area contributed by atoms with E-state index >= 15 is 0 Å². The van der Waals surface area contributed by atoms with Crippen LogP contribution in [-0.4, -0.2) is 43.7 Å². The first kappa shape index (κ1) is 16.6. The molecule has 22 heavy (non-hydrogen) atoms. The van der Waals surface area contributed by atoms with Crippen molar-refractivity contribution in [2.75, 3.05) is 38.6 Å². The fraction of sp³-hybridized carbons (Fsp3) is 0.588. The summed E-state index contributed by atoms with van der Waals surface area (Å²) in [7, 11) is 0. The molecule has 1 heterocycles. The number of rotatable bonds is 7. The number of nitrogens with two attached hydrogens (primary N) is 1. The topological polar surface area (TPSA) is 64.8 Å². The monoisotopic (exact) mass is 306 g/mol. The molecule has 1 fully saturated rings. The zero-order valence-corrected chi connectivity index (χ0v) is 13.3. The molecule has 122 valence electrons. The molecule has 0 unspecified atom stereocenters. The highest BCUT2D eigenvalue weighted by Gasteiger charge is 2.16. The van der Waals surface area contributed by atoms with Gasteiger partial charge in [-0.25, -0.2) is 4.79 Å². The van der Waals surface area contributed by atoms with Crippen molar-refractivity contribution >= 4 is 11.7 Å². The van der Waals surface area contributed by atoms with Crippen LogP contribution in [-0.2, 0) is 4.74 Å². The SMILES string of the molecule is CCCOc1cc(N)ccc1C(=O)OCCN1CCCCC1. The Morgan fingerprint density at radius 2 is 2.00 bits per heavy atom. The summed E-state index contributed by atoms with van der Waals surface area (Å²) in [5, 5.41) is 0. The Morgan fingerprint density at radius 3 is 2.73 bits per heavy atom. The van der Waals surface area contributed by atoms with E-state index in [1.54, 1.807) is 18.2 Å². The number of ether oxygens (including phenoxy) is 2. The summed E-state index contributed by atoms with van der Waals surface area (Å²) in [4.78, 5) is 14.6. The summed E-state index contributed by atoms with van der Waals surface area (Å²) >= 11 is 0. The fourth-order valence-electron chi connectivity index (χ4n) is 2.57. The van der Waals surface area contributed by atoms with Crippen molar-refractivity contribution in [2.45, 2.75) is 32.6 Å². The lowest BCUT2D eigenvalue weighted by Crippen LogP contribution is -2.33. The van der Waals surface area contributed by atoms with Crippen LogP contribution in [0.25, 0.3) is 0 Å². The second kappa shape index (κ2) is 8.63. The maximum atomic E-state index is 12.2. The van der Waals surface area contributed by atoms with E-state index in [1.807, 2.05) is 6.92 Å². The van der Waals surface area contributed by atoms with Crippen LogP contribution < -0.4 is 10.5 Å². The molecular weight excluding hydrogens is 280 g/mol. The molecule has 5 nitrogen and oxygen atoms in total. The minimum absolute atomic E-state index is 0.344. The maximum Gasteiger partial charge on any atom is 0.341 e. The largest absolute Gasteiger partial charge is 0.493 e. The molecule has 0 aliphatic carbocycles. The predicted molar refractivity (Wildman–Crippen MR) is 87.2 cm³/mol.